The van der Waals surface area contributed by atoms with E-state index in [2.05, 4.69) is 4.90 Å². The van der Waals surface area contributed by atoms with E-state index in [9.17, 15) is 4.79 Å². The molecule has 1 aliphatic rings. The summed E-state index contributed by atoms with van der Waals surface area (Å²) in [5, 5.41) is 0. The number of nitrogen functional groups attached to an aromatic ring is 1. The van der Waals surface area contributed by atoms with Crippen LogP contribution in [-0.2, 0) is 4.79 Å². The van der Waals surface area contributed by atoms with Gasteiger partial charge >= 0.3 is 0 Å². The van der Waals surface area contributed by atoms with Gasteiger partial charge in [-0.3, -0.25) is 4.79 Å². The van der Waals surface area contributed by atoms with Crippen LogP contribution in [-0.4, -0.2) is 37.5 Å². The molecule has 0 aliphatic carbocycles. The molecule has 2 rings (SSSR count). The van der Waals surface area contributed by atoms with Crippen LogP contribution in [0.2, 0.25) is 0 Å². The lowest BCUT2D eigenvalue weighted by Crippen LogP contribution is -2.43. The third kappa shape index (κ3) is 2.20. The Labute approximate surface area is 102 Å². The zero-order valence-electron chi connectivity index (χ0n) is 10.4. The monoisotopic (exact) mass is 233 g/mol. The number of rotatable bonds is 2. The molecule has 1 aliphatic heterocycles. The van der Waals surface area contributed by atoms with Crippen molar-refractivity contribution in [2.45, 2.75) is 18.9 Å². The first-order valence-electron chi connectivity index (χ1n) is 5.93. The van der Waals surface area contributed by atoms with Crippen molar-refractivity contribution in [2.24, 2.45) is 0 Å². The van der Waals surface area contributed by atoms with E-state index < -0.39 is 0 Å². The predicted molar refractivity (Wildman–Crippen MR) is 69.9 cm³/mol. The maximum atomic E-state index is 12.1. The van der Waals surface area contributed by atoms with Crippen LogP contribution in [0.5, 0.6) is 0 Å². The van der Waals surface area contributed by atoms with E-state index in [1.807, 2.05) is 24.3 Å². The molecule has 1 fully saturated rings. The van der Waals surface area contributed by atoms with Gasteiger partial charge in [-0.25, -0.2) is 0 Å². The Morgan fingerprint density at radius 2 is 2.12 bits per heavy atom. The van der Waals surface area contributed by atoms with E-state index in [0.29, 0.717) is 0 Å². The number of anilines is 2. The fraction of sp³-hybridized carbons (Fsp3) is 0.462. The van der Waals surface area contributed by atoms with Crippen molar-refractivity contribution in [2.75, 3.05) is 31.3 Å². The Morgan fingerprint density at radius 3 is 2.76 bits per heavy atom. The van der Waals surface area contributed by atoms with Gasteiger partial charge in [0.15, 0.2) is 0 Å². The largest absolute Gasteiger partial charge is 0.397 e. The average molecular weight is 233 g/mol. The highest BCUT2D eigenvalue weighted by atomic mass is 16.2. The number of hydrogen-bond donors (Lipinski definition) is 1. The normalized spacial score (nSPS) is 19.4. The number of nitrogens with zero attached hydrogens (tertiary/aromatic N) is 2. The van der Waals surface area contributed by atoms with Gasteiger partial charge in [0.1, 0.15) is 6.04 Å². The summed E-state index contributed by atoms with van der Waals surface area (Å²) < 4.78 is 0. The van der Waals surface area contributed by atoms with E-state index in [-0.39, 0.29) is 11.9 Å². The lowest BCUT2D eigenvalue weighted by atomic mass is 10.1. The number of amides is 1. The fourth-order valence-electron chi connectivity index (χ4n) is 2.36. The predicted octanol–water partition coefficient (Wildman–Crippen LogP) is 1.33. The maximum Gasteiger partial charge on any atom is 0.244 e. The molecule has 0 aromatic heterocycles. The van der Waals surface area contributed by atoms with E-state index in [1.54, 1.807) is 19.0 Å². The molecule has 1 heterocycles. The van der Waals surface area contributed by atoms with Crippen LogP contribution >= 0.6 is 0 Å². The smallest absolute Gasteiger partial charge is 0.244 e. The molecule has 0 spiro atoms. The minimum atomic E-state index is -0.0605. The third-order valence-corrected chi connectivity index (χ3v) is 3.22. The highest BCUT2D eigenvalue weighted by Gasteiger charge is 2.32. The summed E-state index contributed by atoms with van der Waals surface area (Å²) in [6.07, 6.45) is 1.95. The molecule has 1 atom stereocenters. The van der Waals surface area contributed by atoms with Crippen LogP contribution < -0.4 is 10.6 Å². The van der Waals surface area contributed by atoms with Crippen molar-refractivity contribution in [3.63, 3.8) is 0 Å². The molecule has 1 unspecified atom stereocenters. The van der Waals surface area contributed by atoms with E-state index in [0.717, 1.165) is 30.8 Å². The third-order valence-electron chi connectivity index (χ3n) is 3.22. The Kier molecular flexibility index (Phi) is 3.22. The number of carbonyl (C=O) groups excluding carboxylic acids is 1. The van der Waals surface area contributed by atoms with E-state index in [1.165, 1.54) is 0 Å². The molecule has 1 aromatic rings. The Hall–Kier alpha value is -1.71. The molecule has 4 nitrogen and oxygen atoms in total. The number of para-hydroxylation sites is 2. The van der Waals surface area contributed by atoms with E-state index >= 15 is 0 Å². The molecule has 17 heavy (non-hydrogen) atoms. The lowest BCUT2D eigenvalue weighted by molar-refractivity contribution is -0.129. The maximum absolute atomic E-state index is 12.1. The molecular weight excluding hydrogens is 214 g/mol. The standard InChI is InChI=1S/C13H19N3O/c1-15(2)13(17)12-8-5-9-16(12)11-7-4-3-6-10(11)14/h3-4,6-7,12H,5,8-9,14H2,1-2H3. The van der Waals surface area contributed by atoms with Crippen molar-refractivity contribution in [3.8, 4) is 0 Å². The van der Waals surface area contributed by atoms with Crippen molar-refractivity contribution in [1.82, 2.24) is 4.90 Å². The first kappa shape index (κ1) is 11.8. The molecule has 4 heteroatoms. The molecule has 0 saturated carbocycles. The highest BCUT2D eigenvalue weighted by Crippen LogP contribution is 2.30. The summed E-state index contributed by atoms with van der Waals surface area (Å²) in [6.45, 7) is 0.901. The first-order chi connectivity index (χ1) is 8.11. The number of nitrogens with two attached hydrogens (primary N) is 1. The van der Waals surface area contributed by atoms with Crippen LogP contribution in [0.3, 0.4) is 0 Å². The van der Waals surface area contributed by atoms with Gasteiger partial charge in [0.05, 0.1) is 11.4 Å². The number of benzene rings is 1. The van der Waals surface area contributed by atoms with Crippen molar-refractivity contribution in [3.05, 3.63) is 24.3 Å². The number of carbonyl (C=O) groups is 1. The van der Waals surface area contributed by atoms with Gasteiger partial charge in [0.25, 0.3) is 0 Å². The molecule has 0 bridgehead atoms. The van der Waals surface area contributed by atoms with Gasteiger partial charge < -0.3 is 15.5 Å². The minimum Gasteiger partial charge on any atom is -0.397 e. The van der Waals surface area contributed by atoms with Gasteiger partial charge in [0, 0.05) is 20.6 Å². The average Bonchev–Trinajstić information content (AvgIpc) is 2.77. The summed E-state index contributed by atoms with van der Waals surface area (Å²) in [4.78, 5) is 15.9. The fourth-order valence-corrected chi connectivity index (χ4v) is 2.36. The second kappa shape index (κ2) is 4.65. The Bertz CT molecular complexity index is 417. The SMILES string of the molecule is CN(C)C(=O)C1CCCN1c1ccccc1N. The highest BCUT2D eigenvalue weighted by molar-refractivity contribution is 5.87. The molecule has 0 radical (unpaired) electrons. The molecule has 1 aromatic carbocycles. The zero-order valence-corrected chi connectivity index (χ0v) is 10.4. The van der Waals surface area contributed by atoms with Crippen molar-refractivity contribution >= 4 is 17.3 Å². The van der Waals surface area contributed by atoms with Gasteiger partial charge in [-0.2, -0.15) is 0 Å². The summed E-state index contributed by atoms with van der Waals surface area (Å²) in [6, 6.07) is 7.68. The minimum absolute atomic E-state index is 0.0605. The Morgan fingerprint density at radius 1 is 1.41 bits per heavy atom. The summed E-state index contributed by atoms with van der Waals surface area (Å²) in [5.74, 6) is 0.158. The second-order valence-electron chi connectivity index (χ2n) is 4.64. The summed E-state index contributed by atoms with van der Waals surface area (Å²) in [5.41, 5.74) is 7.69. The summed E-state index contributed by atoms with van der Waals surface area (Å²) in [7, 11) is 3.60. The van der Waals surface area contributed by atoms with Gasteiger partial charge in [-0.05, 0) is 25.0 Å². The molecule has 92 valence electrons. The van der Waals surface area contributed by atoms with Crippen LogP contribution in [0.1, 0.15) is 12.8 Å². The zero-order chi connectivity index (χ0) is 12.4. The van der Waals surface area contributed by atoms with Crippen LogP contribution in [0.4, 0.5) is 11.4 Å². The molecule has 1 amide bonds. The van der Waals surface area contributed by atoms with Crippen LogP contribution in [0.15, 0.2) is 24.3 Å². The van der Waals surface area contributed by atoms with E-state index in [4.69, 9.17) is 5.73 Å². The van der Waals surface area contributed by atoms with Crippen molar-refractivity contribution in [1.29, 1.82) is 0 Å². The second-order valence-corrected chi connectivity index (χ2v) is 4.64. The van der Waals surface area contributed by atoms with Gasteiger partial charge in [-0.15, -0.1) is 0 Å². The number of hydrogen-bond acceptors (Lipinski definition) is 3. The van der Waals surface area contributed by atoms with Crippen LogP contribution in [0.25, 0.3) is 0 Å². The molecular formula is C13H19N3O. The quantitative estimate of drug-likeness (QED) is 0.784. The van der Waals surface area contributed by atoms with Gasteiger partial charge in [-0.1, -0.05) is 12.1 Å². The summed E-state index contributed by atoms with van der Waals surface area (Å²) >= 11 is 0. The molecule has 1 saturated heterocycles. The van der Waals surface area contributed by atoms with Crippen molar-refractivity contribution < 1.29 is 4.79 Å². The molecule has 2 N–H and O–H groups in total. The Balaban J connectivity index is 2.26. The number of likely N-dealkylation sites (N-methyl/N-ethyl adjacent to an activating group) is 1. The lowest BCUT2D eigenvalue weighted by Gasteiger charge is -2.28. The van der Waals surface area contributed by atoms with Crippen LogP contribution in [0, 0.1) is 0 Å². The van der Waals surface area contributed by atoms with Gasteiger partial charge in [0.2, 0.25) is 5.91 Å². The topological polar surface area (TPSA) is 49.6 Å². The first-order valence-corrected chi connectivity index (χ1v) is 5.93.